The number of aromatic carboxylic acids is 1. The molecule has 0 fully saturated rings. The largest absolute Gasteiger partial charge is 0.480 e. The Hall–Kier alpha value is -8.63. The van der Waals surface area contributed by atoms with E-state index in [9.17, 15) is 55.7 Å². The van der Waals surface area contributed by atoms with Crippen LogP contribution in [0.5, 0.6) is 23.3 Å². The molecule has 4 aromatic carbocycles. The second-order valence-electron chi connectivity index (χ2n) is 13.5. The van der Waals surface area contributed by atoms with E-state index in [1.165, 1.54) is 26.1 Å². The molecule has 0 saturated carbocycles. The molecule has 0 aliphatic carbocycles. The van der Waals surface area contributed by atoms with Gasteiger partial charge in [-0.3, -0.25) is 20.4 Å². The number of carbonyl (C=O) groups excluding carboxylic acids is 3. The van der Waals surface area contributed by atoms with Crippen molar-refractivity contribution in [1.82, 2.24) is 24.7 Å². The van der Waals surface area contributed by atoms with Crippen molar-refractivity contribution in [2.45, 2.75) is 24.9 Å². The van der Waals surface area contributed by atoms with E-state index in [0.29, 0.717) is 22.4 Å². The highest BCUT2D eigenvalue weighted by molar-refractivity contribution is 7.90. The van der Waals surface area contributed by atoms with Crippen LogP contribution in [-0.2, 0) is 35.3 Å². The summed E-state index contributed by atoms with van der Waals surface area (Å²) in [7, 11) is -2.92. The van der Waals surface area contributed by atoms with E-state index in [1.54, 1.807) is 42.1 Å². The van der Waals surface area contributed by atoms with Gasteiger partial charge in [-0.05, 0) is 74.5 Å². The number of alkyl halides is 3. The zero-order chi connectivity index (χ0) is 54.0. The van der Waals surface area contributed by atoms with Crippen LogP contribution in [0.25, 0.3) is 10.9 Å². The van der Waals surface area contributed by atoms with Crippen molar-refractivity contribution in [3.8, 4) is 23.3 Å². The number of pyridine rings is 1. The van der Waals surface area contributed by atoms with Gasteiger partial charge in [-0.2, -0.15) is 28.1 Å². The maximum atomic E-state index is 12.7. The third kappa shape index (κ3) is 16.7. The van der Waals surface area contributed by atoms with Crippen molar-refractivity contribution in [3.63, 3.8) is 0 Å². The molecule has 0 saturated heterocycles. The maximum Gasteiger partial charge on any atom is 0.416 e. The number of nitro benzene ring substituents is 1. The van der Waals surface area contributed by atoms with Gasteiger partial charge in [0.1, 0.15) is 33.2 Å². The minimum atomic E-state index is -4.61. The Morgan fingerprint density at radius 3 is 2.12 bits per heavy atom. The van der Waals surface area contributed by atoms with Crippen LogP contribution >= 0.6 is 23.2 Å². The number of hydrogen-bond acceptors (Lipinski definition) is 19. The first-order chi connectivity index (χ1) is 34.5. The lowest BCUT2D eigenvalue weighted by Gasteiger charge is -2.12. The molecule has 0 radical (unpaired) electrons. The zero-order valence-corrected chi connectivity index (χ0v) is 40.0. The fourth-order valence-corrected chi connectivity index (χ4v) is 7.00. The quantitative estimate of drug-likeness (QED) is 0.0332. The van der Waals surface area contributed by atoms with Gasteiger partial charge in [0.15, 0.2) is 13.2 Å². The van der Waals surface area contributed by atoms with Crippen molar-refractivity contribution >= 4 is 91.6 Å². The first-order valence-corrected chi connectivity index (χ1v) is 22.5. The van der Waals surface area contributed by atoms with Crippen LogP contribution in [0.1, 0.15) is 40.1 Å². The Balaban J connectivity index is 0.000000247. The van der Waals surface area contributed by atoms with E-state index in [2.05, 4.69) is 35.3 Å². The maximum absolute atomic E-state index is 12.7. The summed E-state index contributed by atoms with van der Waals surface area (Å²) in [5.74, 6) is -4.60. The summed E-state index contributed by atoms with van der Waals surface area (Å²) in [6.45, 7) is 2.40. The van der Waals surface area contributed by atoms with E-state index in [1.807, 2.05) is 0 Å². The number of nitro groups is 1. The fraction of sp³-hybridized carbons (Fsp3) is 0.186. The number of nitrogens with zero attached hydrogens (tertiary/aromatic N) is 5. The summed E-state index contributed by atoms with van der Waals surface area (Å²) >= 11 is 11.8. The monoisotopic (exact) mass is 1080 g/mol. The molecule has 0 bridgehead atoms. The van der Waals surface area contributed by atoms with Crippen LogP contribution < -0.4 is 29.6 Å². The molecule has 30 heteroatoms. The molecule has 2 aromatic heterocycles. The Kier molecular flexibility index (Phi) is 20.3. The number of amides is 2. The number of nitrogens with one attached hydrogen (secondary N) is 3. The molecule has 386 valence electrons. The minimum Gasteiger partial charge on any atom is -0.480 e. The summed E-state index contributed by atoms with van der Waals surface area (Å²) in [5, 5.41) is 34.5. The van der Waals surface area contributed by atoms with Gasteiger partial charge < -0.3 is 39.2 Å². The highest BCUT2D eigenvalue weighted by Crippen LogP contribution is 2.37. The van der Waals surface area contributed by atoms with E-state index >= 15 is 0 Å². The summed E-state index contributed by atoms with van der Waals surface area (Å²) < 4.78 is 89.4. The summed E-state index contributed by atoms with van der Waals surface area (Å²) in [6, 6.07) is 15.8. The number of carboxylic acids is 2. The standard InChI is InChI=1S/C18H13ClF3NO7.C14H16N6O6S.C11H8ClNO3/c1-2-28-16(24)9-29-17(25)12-8-11(4-5-14(12)23(26)27)30-15-6-3-10(7-13(15)19)18(20,21)22;1-3-26-14-18-11(15-2)16-12(19-14)17-13(23)20-27(24,25)9-7-5-4-6-8(9)10(21)22;12-8-3-4-9(16-6-10(14)15)11-7(8)2-1-5-13-11/h3-8H,2,9H2,1H3;4-7H,3H2,1-2H3,(H,21,22)(H3,15,16,17,18,19,20,23);1-5H,6H2,(H,14,15). The van der Waals surface area contributed by atoms with Crippen molar-refractivity contribution in [2.75, 3.05) is 44.1 Å². The summed E-state index contributed by atoms with van der Waals surface area (Å²) in [4.78, 5) is 82.5. The van der Waals surface area contributed by atoms with Crippen molar-refractivity contribution < 1.29 is 84.4 Å². The number of sulfonamides is 1. The smallest absolute Gasteiger partial charge is 0.416 e. The van der Waals surface area contributed by atoms with Crippen LogP contribution in [0.15, 0.2) is 96.0 Å². The van der Waals surface area contributed by atoms with Crippen LogP contribution in [0.4, 0.5) is 35.5 Å². The third-order valence-electron chi connectivity index (χ3n) is 8.50. The van der Waals surface area contributed by atoms with Crippen LogP contribution in [0.3, 0.4) is 0 Å². The van der Waals surface area contributed by atoms with Crippen molar-refractivity contribution in [3.05, 3.63) is 128 Å². The highest BCUT2D eigenvalue weighted by Gasteiger charge is 2.31. The number of fused-ring (bicyclic) bond motifs is 1. The van der Waals surface area contributed by atoms with Gasteiger partial charge in [0.05, 0.1) is 39.3 Å². The summed E-state index contributed by atoms with van der Waals surface area (Å²) in [5.41, 5.74) is -2.07. The van der Waals surface area contributed by atoms with Crippen LogP contribution in [0, 0.1) is 10.1 Å². The molecule has 0 atom stereocenters. The number of carboxylic acid groups (broad SMARTS) is 2. The molecule has 2 heterocycles. The molecule has 24 nitrogen and oxygen atoms in total. The number of hydrogen-bond donors (Lipinski definition) is 5. The van der Waals surface area contributed by atoms with Crippen LogP contribution in [-0.4, -0.2) is 107 Å². The van der Waals surface area contributed by atoms with Gasteiger partial charge in [0.2, 0.25) is 11.9 Å². The van der Waals surface area contributed by atoms with E-state index in [-0.39, 0.29) is 47.6 Å². The lowest BCUT2D eigenvalue weighted by molar-refractivity contribution is -0.385. The third-order valence-corrected chi connectivity index (χ3v) is 10.5. The Bertz CT molecular complexity index is 3140. The molecule has 2 amide bonds. The van der Waals surface area contributed by atoms with Gasteiger partial charge in [-0.15, -0.1) is 0 Å². The van der Waals surface area contributed by atoms with E-state index in [0.717, 1.165) is 47.9 Å². The molecular weight excluding hydrogens is 1040 g/mol. The second-order valence-corrected chi connectivity index (χ2v) is 16.0. The molecule has 0 aliphatic heterocycles. The number of rotatable bonds is 17. The highest BCUT2D eigenvalue weighted by atomic mass is 35.5. The predicted molar refractivity (Wildman–Crippen MR) is 250 cm³/mol. The number of aliphatic carboxylic acids is 1. The average Bonchev–Trinajstić information content (AvgIpc) is 3.33. The van der Waals surface area contributed by atoms with Gasteiger partial charge in [-0.25, -0.2) is 37.1 Å². The van der Waals surface area contributed by atoms with E-state index < -0.39 is 91.5 Å². The lowest BCUT2D eigenvalue weighted by atomic mass is 10.1. The number of aromatic nitrogens is 4. The normalized spacial score (nSPS) is 10.7. The molecule has 6 rings (SSSR count). The Morgan fingerprint density at radius 1 is 0.795 bits per heavy atom. The number of halogens is 5. The molecule has 6 aromatic rings. The molecular formula is C43H37Cl2F3N8O16S. The SMILES string of the molecule is CCOC(=O)COC(=O)c1cc(Oc2ccc(C(F)(F)F)cc2Cl)ccc1[N+](=O)[O-].CCOc1nc(NC)nc(NC(=O)NS(=O)(=O)c2ccccc2C(=O)O)n1.O=C(O)COc1ccc(Cl)c2cccnc12. The van der Waals surface area contributed by atoms with Crippen LogP contribution in [0.2, 0.25) is 10.0 Å². The molecule has 0 spiro atoms. The number of urea groups is 1. The average molecular weight is 1080 g/mol. The lowest BCUT2D eigenvalue weighted by Crippen LogP contribution is -2.35. The molecule has 0 aliphatic rings. The topological polar surface area (TPSA) is 337 Å². The van der Waals surface area contributed by atoms with Gasteiger partial charge in [0, 0.05) is 30.8 Å². The predicted octanol–water partition coefficient (Wildman–Crippen LogP) is 7.65. The zero-order valence-electron chi connectivity index (χ0n) is 37.6. The first-order valence-electron chi connectivity index (χ1n) is 20.2. The van der Waals surface area contributed by atoms with Crippen molar-refractivity contribution in [2.24, 2.45) is 0 Å². The number of benzene rings is 4. The minimum absolute atomic E-state index is 0.0493. The first kappa shape index (κ1) is 57.0. The number of anilines is 2. The molecule has 0 unspecified atom stereocenters. The number of carbonyl (C=O) groups is 5. The van der Waals surface area contributed by atoms with Gasteiger partial charge >= 0.3 is 42.1 Å². The van der Waals surface area contributed by atoms with E-state index in [4.69, 9.17) is 52.4 Å². The number of esters is 2. The number of ether oxygens (including phenoxy) is 5. The molecule has 73 heavy (non-hydrogen) atoms. The van der Waals surface area contributed by atoms with Gasteiger partial charge in [0.25, 0.3) is 15.7 Å². The Morgan fingerprint density at radius 2 is 1.49 bits per heavy atom. The van der Waals surface area contributed by atoms with Gasteiger partial charge in [-0.1, -0.05) is 35.3 Å². The summed E-state index contributed by atoms with van der Waals surface area (Å²) in [6.07, 6.45) is -3.00. The molecule has 5 N–H and O–H groups in total. The second kappa shape index (κ2) is 26.0. The Labute approximate surface area is 419 Å². The van der Waals surface area contributed by atoms with Crippen molar-refractivity contribution in [1.29, 1.82) is 0 Å². The fourth-order valence-electron chi connectivity index (χ4n) is 5.46.